The quantitative estimate of drug-likeness (QED) is 0.276. The van der Waals surface area contributed by atoms with Gasteiger partial charge in [0, 0.05) is 64.5 Å². The molecule has 4 heterocycles. The monoisotopic (exact) mass is 704 g/mol. The Morgan fingerprint density at radius 3 is 2.25 bits per heavy atom. The van der Waals surface area contributed by atoms with Crippen LogP contribution in [0.15, 0.2) is 36.4 Å². The molecule has 3 saturated heterocycles. The second-order valence-electron chi connectivity index (χ2n) is 14.8. The molecular weight excluding hydrogens is 652 g/mol. The standard InChI is InChI=1S/C38H52N6O7/c1-25-20-27(21-26(2)35(25)46)22-33(36(47)42-15-9-28(10-16-42)30-8-14-41(23-30)24-34(45)40(3)50)51-38(49)43-17-12-31(13-18-43)44-19-11-29-6-4-5-7-32(29)39-37(44)48/h4-7,20-21,28,30-31,33,46,50H,8-19,22-24H2,1-3H3,(H,39,48)/t30?,33-/m1/s1. The Hall–Kier alpha value is -4.36. The molecule has 2 aromatic carbocycles. The number of urea groups is 1. The number of likely N-dealkylation sites (tertiary alicyclic amines) is 3. The Balaban J connectivity index is 1.06. The maximum absolute atomic E-state index is 14.1. The highest BCUT2D eigenvalue weighted by Gasteiger charge is 2.38. The summed E-state index contributed by atoms with van der Waals surface area (Å²) in [5, 5.41) is 23.5. The van der Waals surface area contributed by atoms with E-state index in [9.17, 15) is 29.5 Å². The lowest BCUT2D eigenvalue weighted by atomic mass is 9.83. The SMILES string of the molecule is Cc1cc(C[C@@H](OC(=O)N2CCC(N3CCc4ccccc4NC3=O)CC2)C(=O)N2CCC(C3CCN(CC(=O)N(C)O)C3)CC2)cc(C)c1O. The Bertz CT molecular complexity index is 1580. The molecule has 4 aliphatic rings. The third kappa shape index (κ3) is 8.58. The summed E-state index contributed by atoms with van der Waals surface area (Å²) in [6, 6.07) is 11.4. The lowest BCUT2D eigenvalue weighted by Crippen LogP contribution is -2.51. The molecule has 0 saturated carbocycles. The van der Waals surface area contributed by atoms with Crippen LogP contribution in [0.2, 0.25) is 0 Å². The summed E-state index contributed by atoms with van der Waals surface area (Å²) in [7, 11) is 1.34. The zero-order valence-electron chi connectivity index (χ0n) is 30.1. The number of nitrogens with one attached hydrogen (secondary N) is 1. The third-order valence-corrected chi connectivity index (χ3v) is 11.3. The molecule has 5 amide bonds. The first-order valence-electron chi connectivity index (χ1n) is 18.3. The second kappa shape index (κ2) is 15.9. The molecule has 2 atom stereocenters. The van der Waals surface area contributed by atoms with Gasteiger partial charge >= 0.3 is 12.1 Å². The van der Waals surface area contributed by atoms with Gasteiger partial charge in [-0.25, -0.2) is 14.7 Å². The summed E-state index contributed by atoms with van der Waals surface area (Å²) < 4.78 is 6.06. The van der Waals surface area contributed by atoms with E-state index in [-0.39, 0.29) is 42.6 Å². The molecule has 13 nitrogen and oxygen atoms in total. The maximum Gasteiger partial charge on any atom is 0.410 e. The van der Waals surface area contributed by atoms with Gasteiger partial charge in [0.1, 0.15) is 5.75 Å². The first-order chi connectivity index (χ1) is 24.5. The summed E-state index contributed by atoms with van der Waals surface area (Å²) in [5.74, 6) is 0.519. The Labute approximate surface area is 300 Å². The number of hydrogen-bond donors (Lipinski definition) is 3. The fraction of sp³-hybridized carbons (Fsp3) is 0.579. The summed E-state index contributed by atoms with van der Waals surface area (Å²) in [5.41, 5.74) is 4.16. The van der Waals surface area contributed by atoms with Gasteiger partial charge in [0.05, 0.1) is 6.54 Å². The number of aryl methyl sites for hydroxylation is 2. The van der Waals surface area contributed by atoms with Crippen LogP contribution in [-0.2, 0) is 27.2 Å². The number of hydroxylamine groups is 2. The van der Waals surface area contributed by atoms with Crippen LogP contribution in [0.5, 0.6) is 5.75 Å². The molecule has 2 aromatic rings. The minimum Gasteiger partial charge on any atom is -0.507 e. The van der Waals surface area contributed by atoms with Crippen LogP contribution < -0.4 is 5.32 Å². The van der Waals surface area contributed by atoms with E-state index in [1.807, 2.05) is 60.0 Å². The predicted octanol–water partition coefficient (Wildman–Crippen LogP) is 4.02. The number of aromatic hydroxyl groups is 1. The zero-order valence-corrected chi connectivity index (χ0v) is 30.1. The highest BCUT2D eigenvalue weighted by Crippen LogP contribution is 2.33. The van der Waals surface area contributed by atoms with Crippen LogP contribution in [0.4, 0.5) is 15.3 Å². The van der Waals surface area contributed by atoms with Crippen molar-refractivity contribution in [2.24, 2.45) is 11.8 Å². The predicted molar refractivity (Wildman–Crippen MR) is 190 cm³/mol. The largest absolute Gasteiger partial charge is 0.507 e. The molecule has 276 valence electrons. The Morgan fingerprint density at radius 1 is 0.922 bits per heavy atom. The van der Waals surface area contributed by atoms with Gasteiger partial charge < -0.3 is 29.9 Å². The van der Waals surface area contributed by atoms with Crippen molar-refractivity contribution in [2.45, 2.75) is 70.9 Å². The van der Waals surface area contributed by atoms with Crippen LogP contribution in [0.3, 0.4) is 0 Å². The average molecular weight is 705 g/mol. The van der Waals surface area contributed by atoms with E-state index >= 15 is 0 Å². The van der Waals surface area contributed by atoms with Gasteiger partial charge in [0.2, 0.25) is 0 Å². The molecule has 13 heteroatoms. The minimum atomic E-state index is -1.02. The molecule has 51 heavy (non-hydrogen) atoms. The number of rotatable bonds is 8. The van der Waals surface area contributed by atoms with Crippen molar-refractivity contribution in [1.29, 1.82) is 0 Å². The van der Waals surface area contributed by atoms with Crippen LogP contribution in [0.1, 0.15) is 54.4 Å². The number of fused-ring (bicyclic) bond motifs is 1. The molecule has 3 N–H and O–H groups in total. The van der Waals surface area contributed by atoms with Gasteiger partial charge in [0.25, 0.3) is 11.8 Å². The van der Waals surface area contributed by atoms with Crippen LogP contribution in [0, 0.1) is 25.7 Å². The van der Waals surface area contributed by atoms with Gasteiger partial charge in [-0.2, -0.15) is 0 Å². The molecule has 4 aliphatic heterocycles. The first-order valence-corrected chi connectivity index (χ1v) is 18.3. The molecule has 6 rings (SSSR count). The number of para-hydroxylation sites is 1. The van der Waals surface area contributed by atoms with Crippen LogP contribution >= 0.6 is 0 Å². The number of hydrogen-bond acceptors (Lipinski definition) is 8. The smallest absolute Gasteiger partial charge is 0.410 e. The molecule has 0 bridgehead atoms. The van der Waals surface area contributed by atoms with E-state index in [1.165, 1.54) is 7.05 Å². The van der Waals surface area contributed by atoms with E-state index in [0.29, 0.717) is 73.6 Å². The minimum absolute atomic E-state index is 0.00603. The van der Waals surface area contributed by atoms with Gasteiger partial charge in [-0.15, -0.1) is 0 Å². The molecule has 0 aliphatic carbocycles. The van der Waals surface area contributed by atoms with E-state index < -0.39 is 12.2 Å². The zero-order chi connectivity index (χ0) is 36.2. The number of ether oxygens (including phenoxy) is 1. The fourth-order valence-corrected chi connectivity index (χ4v) is 8.33. The van der Waals surface area contributed by atoms with Gasteiger partial charge in [-0.05, 0) is 99.1 Å². The number of nitrogens with zero attached hydrogens (tertiary/aromatic N) is 5. The van der Waals surface area contributed by atoms with Crippen molar-refractivity contribution < 1.29 is 34.2 Å². The number of carbonyl (C=O) groups excluding carboxylic acids is 4. The number of carbonyl (C=O) groups is 4. The lowest BCUT2D eigenvalue weighted by molar-refractivity contribution is -0.160. The van der Waals surface area contributed by atoms with Gasteiger partial charge in [-0.3, -0.25) is 19.7 Å². The van der Waals surface area contributed by atoms with Crippen molar-refractivity contribution in [2.75, 3.05) is 64.7 Å². The highest BCUT2D eigenvalue weighted by atomic mass is 16.6. The number of piperidine rings is 2. The highest BCUT2D eigenvalue weighted by molar-refractivity contribution is 5.91. The summed E-state index contributed by atoms with van der Waals surface area (Å²) in [6.07, 6.45) is 3.28. The van der Waals surface area contributed by atoms with E-state index in [2.05, 4.69) is 10.2 Å². The number of likely N-dealkylation sites (N-methyl/N-ethyl adjacent to an activating group) is 1. The number of phenols is 1. The number of anilines is 1. The molecule has 0 radical (unpaired) electrons. The van der Waals surface area contributed by atoms with E-state index in [1.54, 1.807) is 4.90 Å². The van der Waals surface area contributed by atoms with Crippen molar-refractivity contribution in [3.8, 4) is 5.75 Å². The second-order valence-corrected chi connectivity index (χ2v) is 14.8. The molecule has 1 unspecified atom stereocenters. The summed E-state index contributed by atoms with van der Waals surface area (Å²) in [6.45, 7) is 8.00. The number of phenolic OH excluding ortho intramolecular Hbond substituents is 1. The van der Waals surface area contributed by atoms with Crippen molar-refractivity contribution in [3.05, 3.63) is 58.7 Å². The third-order valence-electron chi connectivity index (χ3n) is 11.3. The average Bonchev–Trinajstić information content (AvgIpc) is 3.52. The normalized spacial score (nSPS) is 21.1. The van der Waals surface area contributed by atoms with Gasteiger partial charge in [0.15, 0.2) is 6.10 Å². The first kappa shape index (κ1) is 36.4. The maximum atomic E-state index is 14.1. The number of amides is 5. The van der Waals surface area contributed by atoms with E-state index in [4.69, 9.17) is 4.74 Å². The van der Waals surface area contributed by atoms with Crippen molar-refractivity contribution >= 4 is 29.6 Å². The fourth-order valence-electron chi connectivity index (χ4n) is 8.33. The van der Waals surface area contributed by atoms with Crippen LogP contribution in [0.25, 0.3) is 0 Å². The molecule has 0 spiro atoms. The van der Waals surface area contributed by atoms with Gasteiger partial charge in [-0.1, -0.05) is 30.3 Å². The molecule has 0 aromatic heterocycles. The topological polar surface area (TPSA) is 146 Å². The van der Waals surface area contributed by atoms with Crippen LogP contribution in [-0.4, -0.2) is 130 Å². The lowest BCUT2D eigenvalue weighted by Gasteiger charge is -2.38. The molecule has 3 fully saturated rings. The Kier molecular flexibility index (Phi) is 11.4. The van der Waals surface area contributed by atoms with Crippen molar-refractivity contribution in [1.82, 2.24) is 24.7 Å². The van der Waals surface area contributed by atoms with E-state index in [0.717, 1.165) is 55.6 Å². The summed E-state index contributed by atoms with van der Waals surface area (Å²) >= 11 is 0. The van der Waals surface area contributed by atoms with Crippen molar-refractivity contribution in [3.63, 3.8) is 0 Å². The summed E-state index contributed by atoms with van der Waals surface area (Å²) in [4.78, 5) is 60.3. The molecular formula is C38H52N6O7. The number of benzene rings is 2. The Morgan fingerprint density at radius 2 is 1.57 bits per heavy atom.